The summed E-state index contributed by atoms with van der Waals surface area (Å²) in [5, 5.41) is 10.4. The van der Waals surface area contributed by atoms with Crippen LogP contribution < -0.4 is 15.4 Å². The number of pyridine rings is 1. The third kappa shape index (κ3) is 6.54. The summed E-state index contributed by atoms with van der Waals surface area (Å²) >= 11 is 0. The van der Waals surface area contributed by atoms with Crippen LogP contribution in [0.1, 0.15) is 19.7 Å². The second kappa shape index (κ2) is 10.9. The van der Waals surface area contributed by atoms with Crippen LogP contribution in [0.5, 0.6) is 5.75 Å². The van der Waals surface area contributed by atoms with Gasteiger partial charge in [-0.2, -0.15) is 4.98 Å². The van der Waals surface area contributed by atoms with E-state index < -0.39 is 0 Å². The third-order valence-electron chi connectivity index (χ3n) is 3.99. The van der Waals surface area contributed by atoms with Gasteiger partial charge in [0.2, 0.25) is 0 Å². The van der Waals surface area contributed by atoms with Crippen molar-refractivity contribution < 1.29 is 13.7 Å². The topological polar surface area (TPSA) is 97.5 Å². The molecule has 2 N–H and O–H groups in total. The van der Waals surface area contributed by atoms with Gasteiger partial charge in [-0.1, -0.05) is 11.2 Å². The third-order valence-corrected chi connectivity index (χ3v) is 3.99. The van der Waals surface area contributed by atoms with E-state index in [1.807, 2.05) is 32.0 Å². The first-order valence-electron chi connectivity index (χ1n) is 9.82. The predicted octanol–water partition coefficient (Wildman–Crippen LogP) is 2.84. The average Bonchev–Trinajstić information content (AvgIpc) is 3.23. The highest BCUT2D eigenvalue weighted by Crippen LogP contribution is 2.14. The molecule has 8 nitrogen and oxygen atoms in total. The molecule has 3 rings (SSSR count). The molecule has 0 fully saturated rings. The Morgan fingerprint density at radius 1 is 1.20 bits per heavy atom. The SMILES string of the molecule is CCNC(=NCC(C)Oc1ccc(F)cc1)NCCc1noc(-c2ccccn2)n1. The van der Waals surface area contributed by atoms with E-state index in [-0.39, 0.29) is 11.9 Å². The molecular weight excluding hydrogens is 387 g/mol. The number of ether oxygens (including phenoxy) is 1. The number of rotatable bonds is 9. The number of guanidine groups is 1. The van der Waals surface area contributed by atoms with Crippen molar-refractivity contribution >= 4 is 5.96 Å². The van der Waals surface area contributed by atoms with E-state index in [1.54, 1.807) is 18.3 Å². The summed E-state index contributed by atoms with van der Waals surface area (Å²) in [5.41, 5.74) is 0.647. The van der Waals surface area contributed by atoms with Crippen molar-refractivity contribution in [3.63, 3.8) is 0 Å². The zero-order valence-electron chi connectivity index (χ0n) is 17.0. The van der Waals surface area contributed by atoms with Crippen molar-refractivity contribution in [1.29, 1.82) is 0 Å². The lowest BCUT2D eigenvalue weighted by molar-refractivity contribution is 0.230. The molecule has 0 saturated heterocycles. The molecular formula is C21H25FN6O2. The molecule has 1 atom stereocenters. The normalized spacial score (nSPS) is 12.4. The Hall–Kier alpha value is -3.49. The maximum atomic E-state index is 13.0. The van der Waals surface area contributed by atoms with Gasteiger partial charge < -0.3 is 19.9 Å². The molecule has 30 heavy (non-hydrogen) atoms. The summed E-state index contributed by atoms with van der Waals surface area (Å²) in [6, 6.07) is 11.5. The highest BCUT2D eigenvalue weighted by molar-refractivity contribution is 5.79. The number of nitrogens with zero attached hydrogens (tertiary/aromatic N) is 4. The largest absolute Gasteiger partial charge is 0.489 e. The summed E-state index contributed by atoms with van der Waals surface area (Å²) < 4.78 is 24.0. The van der Waals surface area contributed by atoms with Crippen molar-refractivity contribution in [3.05, 3.63) is 60.3 Å². The van der Waals surface area contributed by atoms with Crippen LogP contribution in [0, 0.1) is 5.82 Å². The van der Waals surface area contributed by atoms with Gasteiger partial charge in [-0.05, 0) is 50.2 Å². The van der Waals surface area contributed by atoms with Gasteiger partial charge in [-0.15, -0.1) is 0 Å². The van der Waals surface area contributed by atoms with Crippen LogP contribution in [0.25, 0.3) is 11.6 Å². The van der Waals surface area contributed by atoms with E-state index >= 15 is 0 Å². The molecule has 0 radical (unpaired) electrons. The van der Waals surface area contributed by atoms with Crippen molar-refractivity contribution in [2.45, 2.75) is 26.4 Å². The predicted molar refractivity (Wildman–Crippen MR) is 112 cm³/mol. The number of halogens is 1. The fraction of sp³-hybridized carbons (Fsp3) is 0.333. The van der Waals surface area contributed by atoms with Gasteiger partial charge >= 0.3 is 0 Å². The zero-order chi connectivity index (χ0) is 21.2. The highest BCUT2D eigenvalue weighted by atomic mass is 19.1. The van der Waals surface area contributed by atoms with Gasteiger partial charge in [-0.25, -0.2) is 9.38 Å². The molecule has 1 unspecified atom stereocenters. The number of nitrogens with one attached hydrogen (secondary N) is 2. The van der Waals surface area contributed by atoms with Gasteiger partial charge in [0.15, 0.2) is 11.8 Å². The summed E-state index contributed by atoms with van der Waals surface area (Å²) in [5.74, 6) is 1.98. The lowest BCUT2D eigenvalue weighted by Gasteiger charge is -2.15. The van der Waals surface area contributed by atoms with Gasteiger partial charge in [0.05, 0.1) is 6.54 Å². The molecule has 0 aliphatic carbocycles. The fourth-order valence-corrected chi connectivity index (χ4v) is 2.59. The number of aromatic nitrogens is 3. The Morgan fingerprint density at radius 3 is 2.77 bits per heavy atom. The van der Waals surface area contributed by atoms with Gasteiger partial charge in [0.1, 0.15) is 23.4 Å². The Morgan fingerprint density at radius 2 is 2.03 bits per heavy atom. The minimum atomic E-state index is -0.291. The molecule has 2 heterocycles. The minimum absolute atomic E-state index is 0.163. The standard InChI is InChI=1S/C21H25FN6O2/c1-3-23-21(26-14-15(2)29-17-9-7-16(22)8-10-17)25-13-11-19-27-20(30-28-19)18-6-4-5-12-24-18/h4-10,12,15H,3,11,13-14H2,1-2H3,(H2,23,25,26). The molecule has 0 saturated carbocycles. The molecule has 0 bridgehead atoms. The lowest BCUT2D eigenvalue weighted by Crippen LogP contribution is -2.39. The molecule has 158 valence electrons. The Balaban J connectivity index is 1.48. The maximum Gasteiger partial charge on any atom is 0.276 e. The molecule has 0 spiro atoms. The van der Waals surface area contributed by atoms with E-state index in [0.717, 1.165) is 6.54 Å². The zero-order valence-corrected chi connectivity index (χ0v) is 17.0. The average molecular weight is 412 g/mol. The van der Waals surface area contributed by atoms with Crippen molar-refractivity contribution in [2.24, 2.45) is 4.99 Å². The minimum Gasteiger partial charge on any atom is -0.489 e. The summed E-state index contributed by atoms with van der Waals surface area (Å²) in [7, 11) is 0. The molecule has 0 aliphatic rings. The monoisotopic (exact) mass is 412 g/mol. The van der Waals surface area contributed by atoms with Crippen molar-refractivity contribution in [2.75, 3.05) is 19.6 Å². The number of benzene rings is 1. The van der Waals surface area contributed by atoms with E-state index in [0.29, 0.717) is 48.6 Å². The number of aliphatic imine (C=N–C) groups is 1. The fourth-order valence-electron chi connectivity index (χ4n) is 2.59. The molecule has 2 aromatic heterocycles. The van der Waals surface area contributed by atoms with Gasteiger partial charge in [-0.3, -0.25) is 4.98 Å². The van der Waals surface area contributed by atoms with Crippen LogP contribution in [-0.2, 0) is 6.42 Å². The molecule has 9 heteroatoms. The van der Waals surface area contributed by atoms with E-state index in [2.05, 4.69) is 30.8 Å². The highest BCUT2D eigenvalue weighted by Gasteiger charge is 2.10. The Bertz CT molecular complexity index is 930. The van der Waals surface area contributed by atoms with E-state index in [9.17, 15) is 4.39 Å². The molecule has 0 amide bonds. The number of hydrogen-bond donors (Lipinski definition) is 2. The lowest BCUT2D eigenvalue weighted by atomic mass is 10.3. The first kappa shape index (κ1) is 21.2. The molecule has 0 aliphatic heterocycles. The quantitative estimate of drug-likeness (QED) is 0.412. The molecule has 3 aromatic rings. The summed E-state index contributed by atoms with van der Waals surface area (Å²) in [6.45, 7) is 5.66. The Labute approximate surface area is 174 Å². The first-order chi connectivity index (χ1) is 14.6. The Kier molecular flexibility index (Phi) is 7.71. The van der Waals surface area contributed by atoms with E-state index in [1.165, 1.54) is 12.1 Å². The van der Waals surface area contributed by atoms with Crippen LogP contribution >= 0.6 is 0 Å². The van der Waals surface area contributed by atoms with Crippen molar-refractivity contribution in [3.8, 4) is 17.3 Å². The summed E-state index contributed by atoms with van der Waals surface area (Å²) in [4.78, 5) is 13.1. The van der Waals surface area contributed by atoms with Gasteiger partial charge in [0, 0.05) is 25.7 Å². The van der Waals surface area contributed by atoms with Gasteiger partial charge in [0.25, 0.3) is 5.89 Å². The second-order valence-electron chi connectivity index (χ2n) is 6.51. The van der Waals surface area contributed by atoms with Crippen LogP contribution in [0.15, 0.2) is 58.2 Å². The van der Waals surface area contributed by atoms with Crippen LogP contribution in [-0.4, -0.2) is 46.8 Å². The van der Waals surface area contributed by atoms with Crippen LogP contribution in [0.3, 0.4) is 0 Å². The summed E-state index contributed by atoms with van der Waals surface area (Å²) in [6.07, 6.45) is 2.09. The van der Waals surface area contributed by atoms with Crippen LogP contribution in [0.4, 0.5) is 4.39 Å². The van der Waals surface area contributed by atoms with E-state index in [4.69, 9.17) is 9.26 Å². The maximum absolute atomic E-state index is 13.0. The van der Waals surface area contributed by atoms with Crippen molar-refractivity contribution in [1.82, 2.24) is 25.8 Å². The second-order valence-corrected chi connectivity index (χ2v) is 6.51. The first-order valence-corrected chi connectivity index (χ1v) is 9.82. The molecule has 1 aromatic carbocycles. The van der Waals surface area contributed by atoms with Crippen LogP contribution in [0.2, 0.25) is 0 Å². The number of hydrogen-bond acceptors (Lipinski definition) is 6. The smallest absolute Gasteiger partial charge is 0.276 e.